The fraction of sp³-hybridized carbons (Fsp3) is 0.250. The van der Waals surface area contributed by atoms with Crippen molar-refractivity contribution in [3.8, 4) is 0 Å². The van der Waals surface area contributed by atoms with E-state index < -0.39 is 0 Å². The van der Waals surface area contributed by atoms with Gasteiger partial charge in [-0.3, -0.25) is 0 Å². The first kappa shape index (κ1) is 7.24. The quantitative estimate of drug-likeness (QED) is 0.664. The van der Waals surface area contributed by atoms with E-state index in [9.17, 15) is 0 Å². The number of aromatic nitrogens is 3. The van der Waals surface area contributed by atoms with Crippen molar-refractivity contribution >= 4 is 5.65 Å². The molecular weight excluding hydrogens is 152 g/mol. The molecule has 2 heterocycles. The number of rotatable bonds is 1. The zero-order valence-corrected chi connectivity index (χ0v) is 6.86. The zero-order chi connectivity index (χ0) is 8.55. The van der Waals surface area contributed by atoms with Gasteiger partial charge in [0.25, 0.3) is 0 Å². The lowest BCUT2D eigenvalue weighted by atomic mass is 10.3. The third-order valence-electron chi connectivity index (χ3n) is 1.73. The highest BCUT2D eigenvalue weighted by molar-refractivity contribution is 5.38. The third kappa shape index (κ3) is 1.06. The summed E-state index contributed by atoms with van der Waals surface area (Å²) < 4.78 is 1.75. The van der Waals surface area contributed by atoms with E-state index >= 15 is 0 Å². The van der Waals surface area contributed by atoms with Gasteiger partial charge in [-0.1, -0.05) is 6.07 Å². The van der Waals surface area contributed by atoms with Gasteiger partial charge in [-0.15, -0.1) is 0 Å². The van der Waals surface area contributed by atoms with Crippen molar-refractivity contribution < 1.29 is 0 Å². The maximum Gasteiger partial charge on any atom is 0.155 e. The predicted octanol–water partition coefficient (Wildman–Crippen LogP) is 0.496. The summed E-state index contributed by atoms with van der Waals surface area (Å²) >= 11 is 0. The molecule has 12 heavy (non-hydrogen) atoms. The highest BCUT2D eigenvalue weighted by Crippen LogP contribution is 2.03. The van der Waals surface area contributed by atoms with Crippen LogP contribution >= 0.6 is 0 Å². The maximum absolute atomic E-state index is 5.49. The normalized spacial score (nSPS) is 10.8. The molecule has 2 N–H and O–H groups in total. The smallest absolute Gasteiger partial charge is 0.155 e. The molecule has 0 aliphatic carbocycles. The second-order valence-electron chi connectivity index (χ2n) is 2.70. The van der Waals surface area contributed by atoms with Crippen LogP contribution in [0.2, 0.25) is 0 Å². The van der Waals surface area contributed by atoms with E-state index in [0.29, 0.717) is 6.54 Å². The van der Waals surface area contributed by atoms with Crippen LogP contribution in [0.1, 0.15) is 11.4 Å². The molecule has 0 spiro atoms. The molecule has 0 bridgehead atoms. The van der Waals surface area contributed by atoms with Gasteiger partial charge in [-0.2, -0.15) is 5.10 Å². The van der Waals surface area contributed by atoms with Gasteiger partial charge in [0.05, 0.1) is 0 Å². The minimum absolute atomic E-state index is 0.537. The van der Waals surface area contributed by atoms with Crippen molar-refractivity contribution in [3.05, 3.63) is 29.7 Å². The molecule has 0 amide bonds. The topological polar surface area (TPSA) is 56.2 Å². The Morgan fingerprint density at radius 1 is 1.50 bits per heavy atom. The van der Waals surface area contributed by atoms with Gasteiger partial charge in [0.2, 0.25) is 0 Å². The Balaban J connectivity index is 2.66. The van der Waals surface area contributed by atoms with Crippen LogP contribution in [0.4, 0.5) is 0 Å². The monoisotopic (exact) mass is 162 g/mol. The average Bonchev–Trinajstić information content (AvgIpc) is 2.43. The Labute approximate surface area is 70.0 Å². The van der Waals surface area contributed by atoms with Gasteiger partial charge in [-0.05, 0) is 18.6 Å². The number of nitrogens with zero attached hydrogens (tertiary/aromatic N) is 3. The molecular formula is C8H10N4. The lowest BCUT2D eigenvalue weighted by Gasteiger charge is -1.95. The Morgan fingerprint density at radius 3 is 3.08 bits per heavy atom. The first-order chi connectivity index (χ1) is 5.79. The standard InChI is InChI=1S/C8H10N4/c1-6-10-8-3-2-7(4-9)5-12(8)11-6/h2-3,5H,4,9H2,1H3. The molecule has 0 atom stereocenters. The summed E-state index contributed by atoms with van der Waals surface area (Å²) in [6, 6.07) is 3.88. The Kier molecular flexibility index (Phi) is 1.55. The summed E-state index contributed by atoms with van der Waals surface area (Å²) in [6.45, 7) is 2.41. The first-order valence-electron chi connectivity index (χ1n) is 3.81. The number of pyridine rings is 1. The highest BCUT2D eigenvalue weighted by Gasteiger charge is 1.98. The largest absolute Gasteiger partial charge is 0.326 e. The lowest BCUT2D eigenvalue weighted by Crippen LogP contribution is -1.98. The van der Waals surface area contributed by atoms with Crippen LogP contribution in [0.3, 0.4) is 0 Å². The predicted molar refractivity (Wildman–Crippen MR) is 45.6 cm³/mol. The molecule has 0 unspecified atom stereocenters. The van der Waals surface area contributed by atoms with Crippen molar-refractivity contribution in [2.75, 3.05) is 0 Å². The van der Waals surface area contributed by atoms with Gasteiger partial charge in [0.1, 0.15) is 5.82 Å². The molecule has 2 aromatic heterocycles. The minimum atomic E-state index is 0.537. The van der Waals surface area contributed by atoms with Gasteiger partial charge in [0.15, 0.2) is 5.65 Å². The molecule has 0 radical (unpaired) electrons. The summed E-state index contributed by atoms with van der Waals surface area (Å²) in [5, 5.41) is 4.17. The Morgan fingerprint density at radius 2 is 2.33 bits per heavy atom. The summed E-state index contributed by atoms with van der Waals surface area (Å²) in [6.07, 6.45) is 1.90. The Bertz CT molecular complexity index is 404. The number of nitrogens with two attached hydrogens (primary N) is 1. The van der Waals surface area contributed by atoms with Gasteiger partial charge < -0.3 is 5.73 Å². The van der Waals surface area contributed by atoms with Crippen LogP contribution in [-0.4, -0.2) is 14.6 Å². The SMILES string of the molecule is Cc1nc2ccc(CN)cn2n1. The minimum Gasteiger partial charge on any atom is -0.326 e. The molecule has 0 saturated carbocycles. The van der Waals surface area contributed by atoms with E-state index in [1.165, 1.54) is 0 Å². The fourth-order valence-corrected chi connectivity index (χ4v) is 1.16. The van der Waals surface area contributed by atoms with Gasteiger partial charge >= 0.3 is 0 Å². The Hall–Kier alpha value is -1.42. The highest BCUT2D eigenvalue weighted by atomic mass is 15.3. The van der Waals surface area contributed by atoms with Crippen LogP contribution < -0.4 is 5.73 Å². The number of hydrogen-bond donors (Lipinski definition) is 1. The molecule has 0 aliphatic rings. The van der Waals surface area contributed by atoms with E-state index in [2.05, 4.69) is 10.1 Å². The van der Waals surface area contributed by atoms with E-state index in [1.54, 1.807) is 4.52 Å². The average molecular weight is 162 g/mol. The van der Waals surface area contributed by atoms with E-state index in [4.69, 9.17) is 5.73 Å². The van der Waals surface area contributed by atoms with E-state index in [1.807, 2.05) is 25.3 Å². The van der Waals surface area contributed by atoms with Crippen LogP contribution in [0.5, 0.6) is 0 Å². The molecule has 4 nitrogen and oxygen atoms in total. The van der Waals surface area contributed by atoms with Crippen LogP contribution in [0.15, 0.2) is 18.3 Å². The van der Waals surface area contributed by atoms with Gasteiger partial charge in [-0.25, -0.2) is 9.50 Å². The van der Waals surface area contributed by atoms with E-state index in [0.717, 1.165) is 17.0 Å². The van der Waals surface area contributed by atoms with E-state index in [-0.39, 0.29) is 0 Å². The van der Waals surface area contributed by atoms with Crippen LogP contribution in [0.25, 0.3) is 5.65 Å². The molecule has 0 aliphatic heterocycles. The van der Waals surface area contributed by atoms with Crippen molar-refractivity contribution in [2.24, 2.45) is 5.73 Å². The van der Waals surface area contributed by atoms with Crippen molar-refractivity contribution in [2.45, 2.75) is 13.5 Å². The molecule has 4 heteroatoms. The number of hydrogen-bond acceptors (Lipinski definition) is 3. The number of fused-ring (bicyclic) bond motifs is 1. The molecule has 2 aromatic rings. The van der Waals surface area contributed by atoms with Crippen molar-refractivity contribution in [3.63, 3.8) is 0 Å². The van der Waals surface area contributed by atoms with Crippen molar-refractivity contribution in [1.29, 1.82) is 0 Å². The summed E-state index contributed by atoms with van der Waals surface area (Å²) in [5.74, 6) is 0.782. The van der Waals surface area contributed by atoms with Crippen LogP contribution in [-0.2, 0) is 6.54 Å². The fourth-order valence-electron chi connectivity index (χ4n) is 1.16. The van der Waals surface area contributed by atoms with Crippen LogP contribution in [0, 0.1) is 6.92 Å². The van der Waals surface area contributed by atoms with Crippen molar-refractivity contribution in [1.82, 2.24) is 14.6 Å². The second-order valence-corrected chi connectivity index (χ2v) is 2.70. The summed E-state index contributed by atoms with van der Waals surface area (Å²) in [4.78, 5) is 4.20. The molecule has 0 saturated heterocycles. The first-order valence-corrected chi connectivity index (χ1v) is 3.81. The molecule has 62 valence electrons. The third-order valence-corrected chi connectivity index (χ3v) is 1.73. The molecule has 2 rings (SSSR count). The lowest BCUT2D eigenvalue weighted by molar-refractivity contribution is 0.906. The number of aryl methyl sites for hydroxylation is 1. The second kappa shape index (κ2) is 2.57. The summed E-state index contributed by atoms with van der Waals surface area (Å²) in [7, 11) is 0. The molecule has 0 aromatic carbocycles. The summed E-state index contributed by atoms with van der Waals surface area (Å²) in [5.41, 5.74) is 7.41. The maximum atomic E-state index is 5.49. The van der Waals surface area contributed by atoms with Gasteiger partial charge in [0, 0.05) is 12.7 Å². The zero-order valence-electron chi connectivity index (χ0n) is 6.86. The molecule has 0 fully saturated rings.